The molecule has 28 heavy (non-hydrogen) atoms. The molecule has 0 unspecified atom stereocenters. The highest BCUT2D eigenvalue weighted by atomic mass is 79.9. The van der Waals surface area contributed by atoms with Gasteiger partial charge in [-0.2, -0.15) is 0 Å². The molecule has 0 fully saturated rings. The van der Waals surface area contributed by atoms with E-state index in [0.29, 0.717) is 26.6 Å². The second kappa shape index (κ2) is 7.78. The number of rotatable bonds is 4. The van der Waals surface area contributed by atoms with E-state index < -0.39 is 0 Å². The van der Waals surface area contributed by atoms with Crippen LogP contribution >= 0.6 is 27.5 Å². The summed E-state index contributed by atoms with van der Waals surface area (Å²) >= 11 is 9.32. The molecular weight excluding hydrogens is 440 g/mol. The minimum absolute atomic E-state index is 0.0926. The number of hydrogen-bond acceptors (Lipinski definition) is 4. The lowest BCUT2D eigenvalue weighted by Crippen LogP contribution is -1.84. The van der Waals surface area contributed by atoms with Crippen molar-refractivity contribution in [3.8, 4) is 17.2 Å². The van der Waals surface area contributed by atoms with Gasteiger partial charge in [-0.05, 0) is 70.4 Å². The lowest BCUT2D eigenvalue weighted by molar-refractivity contribution is 0.471. The maximum atomic E-state index is 10.1. The van der Waals surface area contributed by atoms with Crippen molar-refractivity contribution >= 4 is 50.5 Å². The fraction of sp³-hybridized carbons (Fsp3) is 0.0909. The molecule has 140 valence electrons. The molecule has 0 atom stereocenters. The molecule has 0 saturated carbocycles. The minimum atomic E-state index is 0.0926. The van der Waals surface area contributed by atoms with Gasteiger partial charge >= 0.3 is 0 Å². The molecule has 0 amide bonds. The Balaban J connectivity index is 1.67. The fourth-order valence-electron chi connectivity index (χ4n) is 2.86. The molecule has 3 aromatic carbocycles. The van der Waals surface area contributed by atoms with Crippen molar-refractivity contribution in [2.24, 2.45) is 4.99 Å². The predicted molar refractivity (Wildman–Crippen MR) is 117 cm³/mol. The number of aromatic hydroxyl groups is 1. The Morgan fingerprint density at radius 3 is 2.86 bits per heavy atom. The first-order chi connectivity index (χ1) is 13.5. The van der Waals surface area contributed by atoms with Gasteiger partial charge in [0.05, 0.1) is 10.2 Å². The van der Waals surface area contributed by atoms with Crippen LogP contribution < -0.4 is 0 Å². The second-order valence-electron chi connectivity index (χ2n) is 6.31. The van der Waals surface area contributed by atoms with Gasteiger partial charge in [-0.3, -0.25) is 4.99 Å². The van der Waals surface area contributed by atoms with Gasteiger partial charge < -0.3 is 9.52 Å². The number of nitrogens with zero attached hydrogens (tertiary/aromatic N) is 2. The van der Waals surface area contributed by atoms with Crippen LogP contribution in [0.2, 0.25) is 5.02 Å². The molecule has 0 saturated heterocycles. The van der Waals surface area contributed by atoms with Crippen molar-refractivity contribution < 1.29 is 9.52 Å². The lowest BCUT2D eigenvalue weighted by atomic mass is 10.1. The maximum Gasteiger partial charge on any atom is 0.227 e. The first-order valence-corrected chi connectivity index (χ1v) is 9.92. The van der Waals surface area contributed by atoms with Gasteiger partial charge in [0.25, 0.3) is 0 Å². The van der Waals surface area contributed by atoms with Crippen LogP contribution in [0.25, 0.3) is 22.6 Å². The summed E-state index contributed by atoms with van der Waals surface area (Å²) in [5.41, 5.74) is 4.90. The van der Waals surface area contributed by atoms with E-state index in [0.717, 1.165) is 23.1 Å². The van der Waals surface area contributed by atoms with E-state index in [-0.39, 0.29) is 5.75 Å². The van der Waals surface area contributed by atoms with E-state index in [1.807, 2.05) is 42.5 Å². The van der Waals surface area contributed by atoms with Gasteiger partial charge in [0, 0.05) is 22.4 Å². The van der Waals surface area contributed by atoms with E-state index in [1.165, 1.54) is 5.56 Å². The van der Waals surface area contributed by atoms with Crippen LogP contribution in [-0.4, -0.2) is 16.3 Å². The predicted octanol–water partition coefficient (Wildman–Crippen LogP) is 6.93. The second-order valence-corrected chi connectivity index (χ2v) is 7.60. The van der Waals surface area contributed by atoms with E-state index in [2.05, 4.69) is 32.8 Å². The Kier molecular flexibility index (Phi) is 5.20. The molecule has 4 nitrogen and oxygen atoms in total. The molecule has 0 aliphatic carbocycles. The lowest BCUT2D eigenvalue weighted by Gasteiger charge is -2.03. The fourth-order valence-corrected chi connectivity index (χ4v) is 3.70. The molecular formula is C22H16BrClN2O2. The number of halogens is 2. The zero-order valence-electron chi connectivity index (χ0n) is 15.0. The summed E-state index contributed by atoms with van der Waals surface area (Å²) in [6.45, 7) is 2.11. The summed E-state index contributed by atoms with van der Waals surface area (Å²) in [5.74, 6) is 0.642. The summed E-state index contributed by atoms with van der Waals surface area (Å²) in [7, 11) is 0. The van der Waals surface area contributed by atoms with Crippen molar-refractivity contribution in [1.29, 1.82) is 0 Å². The molecule has 1 N–H and O–H groups in total. The number of benzene rings is 3. The smallest absolute Gasteiger partial charge is 0.227 e. The van der Waals surface area contributed by atoms with Crippen LogP contribution in [0.1, 0.15) is 18.1 Å². The van der Waals surface area contributed by atoms with Crippen LogP contribution in [-0.2, 0) is 6.42 Å². The average molecular weight is 456 g/mol. The first kappa shape index (κ1) is 18.7. The summed E-state index contributed by atoms with van der Waals surface area (Å²) in [6, 6.07) is 16.9. The van der Waals surface area contributed by atoms with Crippen molar-refractivity contribution in [3.63, 3.8) is 0 Å². The number of phenolic OH excluding ortho intramolecular Hbond substituents is 1. The molecule has 4 rings (SSSR count). The third-order valence-electron chi connectivity index (χ3n) is 4.36. The van der Waals surface area contributed by atoms with Gasteiger partial charge in [-0.1, -0.05) is 30.7 Å². The third-order valence-corrected chi connectivity index (χ3v) is 5.19. The van der Waals surface area contributed by atoms with E-state index in [9.17, 15) is 5.11 Å². The SMILES string of the molecule is CCc1ccc2oc(-c3cccc(N=Cc4cc(Cl)cc(Br)c4O)c3)nc2c1. The molecule has 0 spiro atoms. The van der Waals surface area contributed by atoms with Gasteiger partial charge in [-0.25, -0.2) is 4.98 Å². The van der Waals surface area contributed by atoms with Crippen LogP contribution in [0, 0.1) is 0 Å². The molecule has 0 radical (unpaired) electrons. The van der Waals surface area contributed by atoms with E-state index in [4.69, 9.17) is 16.0 Å². The normalized spacial score (nSPS) is 11.5. The standard InChI is InChI=1S/C22H16BrClN2O2/c1-2-13-6-7-20-19(8-13)26-22(28-20)14-4-3-5-17(10-14)25-12-15-9-16(24)11-18(23)21(15)27/h3-12,27H,2H2,1H3. The number of fused-ring (bicyclic) bond motifs is 1. The maximum absolute atomic E-state index is 10.1. The number of phenols is 1. The summed E-state index contributed by atoms with van der Waals surface area (Å²) in [6.07, 6.45) is 2.53. The van der Waals surface area contributed by atoms with Crippen molar-refractivity contribution in [1.82, 2.24) is 4.98 Å². The molecule has 0 aliphatic heterocycles. The van der Waals surface area contributed by atoms with Crippen molar-refractivity contribution in [2.45, 2.75) is 13.3 Å². The molecule has 0 bridgehead atoms. The zero-order valence-corrected chi connectivity index (χ0v) is 17.3. The number of hydrogen-bond donors (Lipinski definition) is 1. The van der Waals surface area contributed by atoms with Gasteiger partial charge in [-0.15, -0.1) is 0 Å². The Hall–Kier alpha value is -2.63. The Labute approximate surface area is 175 Å². The molecule has 1 aromatic heterocycles. The third kappa shape index (κ3) is 3.81. The average Bonchev–Trinajstić information content (AvgIpc) is 3.13. The topological polar surface area (TPSA) is 58.6 Å². The Morgan fingerprint density at radius 1 is 1.18 bits per heavy atom. The zero-order chi connectivity index (χ0) is 19.7. The number of aromatic nitrogens is 1. The van der Waals surface area contributed by atoms with Crippen molar-refractivity contribution in [3.05, 3.63) is 75.2 Å². The summed E-state index contributed by atoms with van der Waals surface area (Å²) in [4.78, 5) is 9.06. The molecule has 0 aliphatic rings. The van der Waals surface area contributed by atoms with Gasteiger partial charge in [0.15, 0.2) is 5.58 Å². The Bertz CT molecular complexity index is 1200. The molecule has 1 heterocycles. The number of aliphatic imine (C=N–C) groups is 1. The highest BCUT2D eigenvalue weighted by molar-refractivity contribution is 9.10. The van der Waals surface area contributed by atoms with Gasteiger partial charge in [0.2, 0.25) is 5.89 Å². The van der Waals surface area contributed by atoms with Crippen LogP contribution in [0.4, 0.5) is 5.69 Å². The van der Waals surface area contributed by atoms with E-state index >= 15 is 0 Å². The molecule has 6 heteroatoms. The summed E-state index contributed by atoms with van der Waals surface area (Å²) < 4.78 is 6.42. The minimum Gasteiger partial charge on any atom is -0.506 e. The largest absolute Gasteiger partial charge is 0.506 e. The molecule has 4 aromatic rings. The quantitative estimate of drug-likeness (QED) is 0.339. The van der Waals surface area contributed by atoms with E-state index in [1.54, 1.807) is 18.3 Å². The van der Waals surface area contributed by atoms with Crippen LogP contribution in [0.3, 0.4) is 0 Å². The van der Waals surface area contributed by atoms with Crippen molar-refractivity contribution in [2.75, 3.05) is 0 Å². The monoisotopic (exact) mass is 454 g/mol. The van der Waals surface area contributed by atoms with Gasteiger partial charge in [0.1, 0.15) is 11.3 Å². The Morgan fingerprint density at radius 2 is 2.04 bits per heavy atom. The van der Waals surface area contributed by atoms with Crippen LogP contribution in [0.5, 0.6) is 5.75 Å². The number of oxazole rings is 1. The summed E-state index contributed by atoms with van der Waals surface area (Å²) in [5, 5.41) is 10.6. The number of aryl methyl sites for hydroxylation is 1. The highest BCUT2D eigenvalue weighted by Crippen LogP contribution is 2.31. The van der Waals surface area contributed by atoms with Crippen LogP contribution in [0.15, 0.2) is 68.5 Å². The first-order valence-electron chi connectivity index (χ1n) is 8.75. The highest BCUT2D eigenvalue weighted by Gasteiger charge is 2.10.